The van der Waals surface area contributed by atoms with Crippen LogP contribution in [0.15, 0.2) is 17.7 Å². The van der Waals surface area contributed by atoms with Crippen molar-refractivity contribution in [1.82, 2.24) is 0 Å². The van der Waals surface area contributed by atoms with Crippen molar-refractivity contribution in [1.29, 1.82) is 0 Å². The van der Waals surface area contributed by atoms with Crippen LogP contribution in [-0.2, 0) is 9.53 Å². The van der Waals surface area contributed by atoms with Crippen LogP contribution in [0.3, 0.4) is 0 Å². The Bertz CT molecular complexity index is 640. The molecule has 126 valence electrons. The van der Waals surface area contributed by atoms with Crippen molar-refractivity contribution in [2.45, 2.75) is 26.1 Å². The van der Waals surface area contributed by atoms with E-state index in [4.69, 9.17) is 25.8 Å². The van der Waals surface area contributed by atoms with Crippen LogP contribution >= 0.6 is 11.6 Å². The van der Waals surface area contributed by atoms with Gasteiger partial charge < -0.3 is 14.2 Å². The Morgan fingerprint density at radius 2 is 2.00 bits per heavy atom. The fourth-order valence-electron chi connectivity index (χ4n) is 2.13. The van der Waals surface area contributed by atoms with Crippen molar-refractivity contribution in [2.24, 2.45) is 0 Å². The van der Waals surface area contributed by atoms with Crippen LogP contribution in [-0.4, -0.2) is 31.5 Å². The minimum atomic E-state index is -4.76. The maximum Gasteiger partial charge on any atom is 0.430 e. The van der Waals surface area contributed by atoms with E-state index in [1.807, 2.05) is 0 Å². The lowest BCUT2D eigenvalue weighted by Crippen LogP contribution is -2.40. The van der Waals surface area contributed by atoms with Crippen molar-refractivity contribution in [3.63, 3.8) is 0 Å². The number of esters is 1. The number of fused-ring (bicyclic) bond motifs is 1. The molecule has 0 spiro atoms. The highest BCUT2D eigenvalue weighted by Gasteiger charge is 2.49. The number of rotatable bonds is 4. The molecular formula is C15H14ClF3O4. The SMILES string of the molecule is CCOC(=O)C1=Cc2c(ccc(Cl)c2OCC)OC1C(F)(F)F. The summed E-state index contributed by atoms with van der Waals surface area (Å²) in [7, 11) is 0. The molecule has 1 aliphatic rings. The molecular weight excluding hydrogens is 337 g/mol. The summed E-state index contributed by atoms with van der Waals surface area (Å²) in [6, 6.07) is 2.68. The van der Waals surface area contributed by atoms with Gasteiger partial charge in [0.05, 0.1) is 29.4 Å². The highest BCUT2D eigenvalue weighted by molar-refractivity contribution is 6.32. The molecule has 1 unspecified atom stereocenters. The highest BCUT2D eigenvalue weighted by Crippen LogP contribution is 2.43. The van der Waals surface area contributed by atoms with Gasteiger partial charge in [-0.1, -0.05) is 11.6 Å². The van der Waals surface area contributed by atoms with Gasteiger partial charge in [-0.3, -0.25) is 0 Å². The molecule has 4 nitrogen and oxygen atoms in total. The molecule has 1 aliphatic heterocycles. The third kappa shape index (κ3) is 3.55. The van der Waals surface area contributed by atoms with Crippen LogP contribution in [0.25, 0.3) is 6.08 Å². The van der Waals surface area contributed by atoms with Crippen LogP contribution < -0.4 is 9.47 Å². The third-order valence-corrected chi connectivity index (χ3v) is 3.33. The maximum atomic E-state index is 13.2. The predicted octanol–water partition coefficient (Wildman–Crippen LogP) is 4.01. The zero-order valence-corrected chi connectivity index (χ0v) is 13.1. The number of hydrogen-bond acceptors (Lipinski definition) is 4. The van der Waals surface area contributed by atoms with E-state index in [1.165, 1.54) is 19.1 Å². The number of hydrogen-bond donors (Lipinski definition) is 0. The van der Waals surface area contributed by atoms with E-state index in [0.29, 0.717) is 0 Å². The number of carbonyl (C=O) groups excluding carboxylic acids is 1. The molecule has 0 saturated heterocycles. The van der Waals surface area contributed by atoms with Crippen molar-refractivity contribution >= 4 is 23.6 Å². The van der Waals surface area contributed by atoms with E-state index < -0.39 is 23.8 Å². The largest absolute Gasteiger partial charge is 0.492 e. The van der Waals surface area contributed by atoms with Crippen LogP contribution in [0.4, 0.5) is 13.2 Å². The molecule has 1 heterocycles. The summed E-state index contributed by atoms with van der Waals surface area (Å²) in [5.41, 5.74) is -0.460. The molecule has 0 amide bonds. The molecule has 2 rings (SSSR count). The molecule has 0 bridgehead atoms. The van der Waals surface area contributed by atoms with Gasteiger partial charge in [-0.05, 0) is 32.1 Å². The van der Waals surface area contributed by atoms with Gasteiger partial charge in [0.25, 0.3) is 0 Å². The van der Waals surface area contributed by atoms with E-state index in [0.717, 1.165) is 6.08 Å². The molecule has 0 radical (unpaired) electrons. The quantitative estimate of drug-likeness (QED) is 0.770. The summed E-state index contributed by atoms with van der Waals surface area (Å²) >= 11 is 6.01. The lowest BCUT2D eigenvalue weighted by molar-refractivity contribution is -0.187. The standard InChI is InChI=1S/C15H14ClF3O4/c1-3-21-12-8-7-9(14(20)22-4-2)13(15(17,18)19)23-11(8)6-5-10(12)16/h5-7,13H,3-4H2,1-2H3. The monoisotopic (exact) mass is 350 g/mol. The van der Waals surface area contributed by atoms with Gasteiger partial charge in [-0.25, -0.2) is 4.79 Å². The second-order valence-corrected chi connectivity index (χ2v) is 4.99. The zero-order valence-electron chi connectivity index (χ0n) is 12.4. The zero-order chi connectivity index (χ0) is 17.2. The summed E-state index contributed by atoms with van der Waals surface area (Å²) in [5, 5.41) is 0.208. The summed E-state index contributed by atoms with van der Waals surface area (Å²) < 4.78 is 54.6. The van der Waals surface area contributed by atoms with E-state index in [-0.39, 0.29) is 35.3 Å². The fourth-order valence-corrected chi connectivity index (χ4v) is 2.35. The number of ether oxygens (including phenoxy) is 3. The molecule has 1 aromatic carbocycles. The first kappa shape index (κ1) is 17.5. The fraction of sp³-hybridized carbons (Fsp3) is 0.400. The lowest BCUT2D eigenvalue weighted by Gasteiger charge is -2.28. The Balaban J connectivity index is 2.58. The van der Waals surface area contributed by atoms with Gasteiger partial charge in [-0.15, -0.1) is 0 Å². The Morgan fingerprint density at radius 1 is 1.30 bits per heavy atom. The predicted molar refractivity (Wildman–Crippen MR) is 77.7 cm³/mol. The minimum Gasteiger partial charge on any atom is -0.492 e. The number of alkyl halides is 3. The summed E-state index contributed by atoms with van der Waals surface area (Å²) in [6.07, 6.45) is -6.10. The van der Waals surface area contributed by atoms with Gasteiger partial charge in [0, 0.05) is 0 Å². The molecule has 1 atom stereocenters. The second kappa shape index (κ2) is 6.70. The minimum absolute atomic E-state index is 0.0541. The number of carbonyl (C=O) groups is 1. The molecule has 0 fully saturated rings. The van der Waals surface area contributed by atoms with Crippen LogP contribution in [0, 0.1) is 0 Å². The van der Waals surface area contributed by atoms with E-state index in [2.05, 4.69) is 0 Å². The van der Waals surface area contributed by atoms with Crippen LogP contribution in [0.1, 0.15) is 19.4 Å². The Hall–Kier alpha value is -1.89. The smallest absolute Gasteiger partial charge is 0.430 e. The van der Waals surface area contributed by atoms with Gasteiger partial charge in [0.2, 0.25) is 6.10 Å². The van der Waals surface area contributed by atoms with Crippen molar-refractivity contribution in [3.8, 4) is 11.5 Å². The van der Waals surface area contributed by atoms with Gasteiger partial charge in [-0.2, -0.15) is 13.2 Å². The average Bonchev–Trinajstić information content (AvgIpc) is 2.48. The molecule has 0 aromatic heterocycles. The van der Waals surface area contributed by atoms with Crippen molar-refractivity contribution in [3.05, 3.63) is 28.3 Å². The molecule has 1 aromatic rings. The van der Waals surface area contributed by atoms with Gasteiger partial charge in [0.1, 0.15) is 11.5 Å². The lowest BCUT2D eigenvalue weighted by atomic mass is 10.0. The average molecular weight is 351 g/mol. The Kier molecular flexibility index (Phi) is 5.09. The first-order chi connectivity index (χ1) is 10.8. The number of halogens is 4. The van der Waals surface area contributed by atoms with Crippen LogP contribution in [0.2, 0.25) is 5.02 Å². The van der Waals surface area contributed by atoms with Crippen molar-refractivity contribution in [2.75, 3.05) is 13.2 Å². The molecule has 0 N–H and O–H groups in total. The molecule has 23 heavy (non-hydrogen) atoms. The second-order valence-electron chi connectivity index (χ2n) is 4.58. The normalized spacial score (nSPS) is 17.0. The van der Waals surface area contributed by atoms with Crippen molar-refractivity contribution < 1.29 is 32.2 Å². The molecule has 0 saturated carbocycles. The first-order valence-corrected chi connectivity index (χ1v) is 7.24. The van der Waals surface area contributed by atoms with E-state index >= 15 is 0 Å². The summed E-state index contributed by atoms with van der Waals surface area (Å²) in [5.74, 6) is -0.995. The van der Waals surface area contributed by atoms with E-state index in [1.54, 1.807) is 6.92 Å². The molecule has 0 aliphatic carbocycles. The van der Waals surface area contributed by atoms with Crippen LogP contribution in [0.5, 0.6) is 11.5 Å². The van der Waals surface area contributed by atoms with Gasteiger partial charge in [0.15, 0.2) is 0 Å². The third-order valence-electron chi connectivity index (χ3n) is 3.03. The Labute approximate surface area is 135 Å². The summed E-state index contributed by atoms with van der Waals surface area (Å²) in [6.45, 7) is 3.40. The highest BCUT2D eigenvalue weighted by atomic mass is 35.5. The Morgan fingerprint density at radius 3 is 2.57 bits per heavy atom. The van der Waals surface area contributed by atoms with Gasteiger partial charge >= 0.3 is 12.1 Å². The van der Waals surface area contributed by atoms with E-state index in [9.17, 15) is 18.0 Å². The first-order valence-electron chi connectivity index (χ1n) is 6.87. The molecule has 8 heteroatoms. The topological polar surface area (TPSA) is 44.8 Å². The maximum absolute atomic E-state index is 13.2. The number of benzene rings is 1. The summed E-state index contributed by atoms with van der Waals surface area (Å²) in [4.78, 5) is 11.9.